The lowest BCUT2D eigenvalue weighted by molar-refractivity contribution is 0.102. The van der Waals surface area contributed by atoms with E-state index in [1.807, 2.05) is 25.1 Å². The fourth-order valence-electron chi connectivity index (χ4n) is 2.59. The van der Waals surface area contributed by atoms with Crippen molar-refractivity contribution in [3.8, 4) is 0 Å². The third-order valence-corrected chi connectivity index (χ3v) is 4.74. The zero-order chi connectivity index (χ0) is 17.1. The van der Waals surface area contributed by atoms with Crippen molar-refractivity contribution < 1.29 is 4.79 Å². The number of rotatable bonds is 3. The van der Waals surface area contributed by atoms with Crippen molar-refractivity contribution in [2.75, 3.05) is 43.4 Å². The third kappa shape index (κ3) is 3.91. The number of nitrogens with zero attached hydrogens (tertiary/aromatic N) is 4. The van der Waals surface area contributed by atoms with Crippen LogP contribution in [0.2, 0.25) is 0 Å². The zero-order valence-corrected chi connectivity index (χ0v) is 15.4. The van der Waals surface area contributed by atoms with Crippen LogP contribution in [0.3, 0.4) is 0 Å². The maximum Gasteiger partial charge on any atom is 0.274 e. The average molecular weight is 390 g/mol. The van der Waals surface area contributed by atoms with Crippen molar-refractivity contribution in [1.29, 1.82) is 0 Å². The lowest BCUT2D eigenvalue weighted by Crippen LogP contribution is -2.44. The summed E-state index contributed by atoms with van der Waals surface area (Å²) in [7, 11) is 2.11. The summed E-state index contributed by atoms with van der Waals surface area (Å²) in [5.41, 5.74) is 2.22. The molecule has 0 spiro atoms. The molecule has 1 fully saturated rings. The maximum absolute atomic E-state index is 12.5. The number of halogens is 1. The first-order chi connectivity index (χ1) is 11.5. The van der Waals surface area contributed by atoms with Gasteiger partial charge in [0.2, 0.25) is 0 Å². The molecule has 1 aromatic carbocycles. The molecule has 0 unspecified atom stereocenters. The first-order valence-electron chi connectivity index (χ1n) is 7.86. The normalized spacial score (nSPS) is 15.4. The van der Waals surface area contributed by atoms with E-state index < -0.39 is 0 Å². The maximum atomic E-state index is 12.5. The quantitative estimate of drug-likeness (QED) is 0.873. The molecular formula is C17H20BrN5O. The number of nitrogens with one attached hydrogen (secondary N) is 1. The molecule has 0 saturated carbocycles. The second-order valence-corrected chi connectivity index (χ2v) is 6.84. The van der Waals surface area contributed by atoms with Crippen molar-refractivity contribution in [3.05, 3.63) is 46.3 Å². The molecule has 0 radical (unpaired) electrons. The van der Waals surface area contributed by atoms with E-state index in [4.69, 9.17) is 0 Å². The van der Waals surface area contributed by atoms with Crippen LogP contribution in [0.5, 0.6) is 0 Å². The topological polar surface area (TPSA) is 61.4 Å². The van der Waals surface area contributed by atoms with Gasteiger partial charge in [-0.25, -0.2) is 9.97 Å². The lowest BCUT2D eigenvalue weighted by Gasteiger charge is -2.33. The number of piperazine rings is 1. The van der Waals surface area contributed by atoms with Crippen LogP contribution in [0, 0.1) is 6.92 Å². The monoisotopic (exact) mass is 389 g/mol. The summed E-state index contributed by atoms with van der Waals surface area (Å²) in [6.45, 7) is 5.78. The number of hydrogen-bond donors (Lipinski definition) is 1. The minimum atomic E-state index is -0.239. The summed E-state index contributed by atoms with van der Waals surface area (Å²) >= 11 is 3.47. The van der Waals surface area contributed by atoms with E-state index in [-0.39, 0.29) is 5.91 Å². The van der Waals surface area contributed by atoms with Gasteiger partial charge in [0.05, 0.1) is 5.69 Å². The highest BCUT2D eigenvalue weighted by Gasteiger charge is 2.17. The van der Waals surface area contributed by atoms with Crippen LogP contribution in [0.15, 0.2) is 35.1 Å². The van der Waals surface area contributed by atoms with E-state index >= 15 is 0 Å². The average Bonchev–Trinajstić information content (AvgIpc) is 2.58. The van der Waals surface area contributed by atoms with E-state index in [1.165, 1.54) is 6.33 Å². The second-order valence-electron chi connectivity index (χ2n) is 5.99. The van der Waals surface area contributed by atoms with Crippen LogP contribution < -0.4 is 10.2 Å². The zero-order valence-electron chi connectivity index (χ0n) is 13.8. The summed E-state index contributed by atoms with van der Waals surface area (Å²) in [5, 5.41) is 2.89. The van der Waals surface area contributed by atoms with Gasteiger partial charge in [-0.05, 0) is 47.6 Å². The Kier molecular flexibility index (Phi) is 5.11. The molecule has 7 heteroatoms. The summed E-state index contributed by atoms with van der Waals surface area (Å²) < 4.78 is 0.851. The van der Waals surface area contributed by atoms with E-state index in [0.29, 0.717) is 5.69 Å². The van der Waals surface area contributed by atoms with Crippen molar-refractivity contribution >= 4 is 33.3 Å². The third-order valence-electron chi connectivity index (χ3n) is 4.09. The van der Waals surface area contributed by atoms with Crippen LogP contribution in [0.4, 0.5) is 11.5 Å². The number of amides is 1. The number of aromatic nitrogens is 2. The van der Waals surface area contributed by atoms with E-state index in [9.17, 15) is 4.79 Å². The molecule has 126 valence electrons. The SMILES string of the molecule is Cc1ccc(NC(=O)c2cc(N3CCN(C)CC3)ncn2)c(Br)c1. The Balaban J connectivity index is 1.74. The first kappa shape index (κ1) is 16.9. The van der Waals surface area contributed by atoms with Crippen LogP contribution in [-0.2, 0) is 0 Å². The van der Waals surface area contributed by atoms with Gasteiger partial charge >= 0.3 is 0 Å². The van der Waals surface area contributed by atoms with Crippen molar-refractivity contribution in [3.63, 3.8) is 0 Å². The van der Waals surface area contributed by atoms with E-state index in [0.717, 1.165) is 47.7 Å². The molecule has 6 nitrogen and oxygen atoms in total. The molecule has 1 N–H and O–H groups in total. The van der Waals surface area contributed by atoms with Gasteiger partial charge in [-0.1, -0.05) is 6.07 Å². The Morgan fingerprint density at radius 2 is 1.92 bits per heavy atom. The van der Waals surface area contributed by atoms with Gasteiger partial charge in [0.15, 0.2) is 0 Å². The number of hydrogen-bond acceptors (Lipinski definition) is 5. The number of benzene rings is 1. The molecule has 1 saturated heterocycles. The standard InChI is InChI=1S/C17H20BrN5O/c1-12-3-4-14(13(18)9-12)21-17(24)15-10-16(20-11-19-15)23-7-5-22(2)6-8-23/h3-4,9-11H,5-8H2,1-2H3,(H,21,24). The molecule has 2 heterocycles. The van der Waals surface area contributed by atoms with Gasteiger partial charge in [0, 0.05) is 36.7 Å². The predicted octanol–water partition coefficient (Wildman–Crippen LogP) is 2.55. The number of aryl methyl sites for hydroxylation is 1. The smallest absolute Gasteiger partial charge is 0.274 e. The highest BCUT2D eigenvalue weighted by Crippen LogP contribution is 2.24. The van der Waals surface area contributed by atoms with E-state index in [1.54, 1.807) is 6.07 Å². The van der Waals surface area contributed by atoms with Crippen LogP contribution in [0.25, 0.3) is 0 Å². The van der Waals surface area contributed by atoms with Gasteiger partial charge in [0.25, 0.3) is 5.91 Å². The summed E-state index contributed by atoms with van der Waals surface area (Å²) in [4.78, 5) is 25.4. The molecule has 24 heavy (non-hydrogen) atoms. The molecule has 1 aliphatic heterocycles. The Morgan fingerprint density at radius 1 is 1.17 bits per heavy atom. The second kappa shape index (κ2) is 7.27. The predicted molar refractivity (Wildman–Crippen MR) is 98.6 cm³/mol. The minimum Gasteiger partial charge on any atom is -0.354 e. The Bertz CT molecular complexity index is 744. The van der Waals surface area contributed by atoms with E-state index in [2.05, 4.69) is 48.1 Å². The highest BCUT2D eigenvalue weighted by molar-refractivity contribution is 9.10. The molecule has 2 aromatic rings. The Hall–Kier alpha value is -1.99. The molecule has 3 rings (SSSR count). The summed E-state index contributed by atoms with van der Waals surface area (Å²) in [6, 6.07) is 7.55. The molecule has 1 amide bonds. The molecular weight excluding hydrogens is 370 g/mol. The Morgan fingerprint density at radius 3 is 2.62 bits per heavy atom. The fourth-order valence-corrected chi connectivity index (χ4v) is 3.18. The number of carbonyl (C=O) groups excluding carboxylic acids is 1. The van der Waals surface area contributed by atoms with Crippen LogP contribution in [-0.4, -0.2) is 54.0 Å². The van der Waals surface area contributed by atoms with Gasteiger partial charge in [-0.15, -0.1) is 0 Å². The van der Waals surface area contributed by atoms with Crippen LogP contribution >= 0.6 is 15.9 Å². The number of carbonyl (C=O) groups is 1. The molecule has 0 bridgehead atoms. The Labute approximate surface area is 150 Å². The minimum absolute atomic E-state index is 0.239. The summed E-state index contributed by atoms with van der Waals surface area (Å²) in [6.07, 6.45) is 1.45. The molecule has 1 aromatic heterocycles. The molecule has 1 aliphatic rings. The van der Waals surface area contributed by atoms with Gasteiger partial charge in [-0.2, -0.15) is 0 Å². The van der Waals surface area contributed by atoms with Gasteiger partial charge in [0.1, 0.15) is 17.8 Å². The van der Waals surface area contributed by atoms with Crippen molar-refractivity contribution in [1.82, 2.24) is 14.9 Å². The number of likely N-dealkylation sites (N-methyl/N-ethyl adjacent to an activating group) is 1. The van der Waals surface area contributed by atoms with Gasteiger partial charge < -0.3 is 15.1 Å². The summed E-state index contributed by atoms with van der Waals surface area (Å²) in [5.74, 6) is 0.559. The number of anilines is 2. The molecule has 0 aliphatic carbocycles. The lowest BCUT2D eigenvalue weighted by atomic mass is 10.2. The highest BCUT2D eigenvalue weighted by atomic mass is 79.9. The fraction of sp³-hybridized carbons (Fsp3) is 0.353. The molecule has 0 atom stereocenters. The largest absolute Gasteiger partial charge is 0.354 e. The van der Waals surface area contributed by atoms with Crippen molar-refractivity contribution in [2.24, 2.45) is 0 Å². The first-order valence-corrected chi connectivity index (χ1v) is 8.65. The van der Waals surface area contributed by atoms with Gasteiger partial charge in [-0.3, -0.25) is 4.79 Å². The van der Waals surface area contributed by atoms with Crippen LogP contribution in [0.1, 0.15) is 16.1 Å². The van der Waals surface area contributed by atoms with Crippen molar-refractivity contribution in [2.45, 2.75) is 6.92 Å².